The minimum Gasteiger partial charge on any atom is -0.355 e. The first kappa shape index (κ1) is 17.7. The maximum atomic E-state index is 13.0. The third-order valence-electron chi connectivity index (χ3n) is 7.36. The summed E-state index contributed by atoms with van der Waals surface area (Å²) in [6.07, 6.45) is 9.99. The van der Waals surface area contributed by atoms with Crippen LogP contribution in [-0.4, -0.2) is 29.3 Å². The molecule has 0 atom stereocenters. The quantitative estimate of drug-likeness (QED) is 0.771. The number of hydrogen-bond donors (Lipinski definition) is 1. The van der Waals surface area contributed by atoms with Crippen LogP contribution in [0.1, 0.15) is 62.7 Å². The zero-order chi connectivity index (χ0) is 18.4. The number of thiophene rings is 1. The highest BCUT2D eigenvalue weighted by Crippen LogP contribution is 2.60. The van der Waals surface area contributed by atoms with E-state index in [1.54, 1.807) is 11.3 Å². The number of carbonyl (C=O) groups is 2. The van der Waals surface area contributed by atoms with E-state index in [0.29, 0.717) is 19.0 Å². The fourth-order valence-corrected chi connectivity index (χ4v) is 7.08. The van der Waals surface area contributed by atoms with Gasteiger partial charge in [0.1, 0.15) is 0 Å². The van der Waals surface area contributed by atoms with E-state index < -0.39 is 0 Å². The molecule has 0 aromatic carbocycles. The summed E-state index contributed by atoms with van der Waals surface area (Å²) in [6.45, 7) is 1.22. The third kappa shape index (κ3) is 3.55. The Kier molecular flexibility index (Phi) is 4.53. The van der Waals surface area contributed by atoms with Gasteiger partial charge in [-0.1, -0.05) is 6.07 Å². The summed E-state index contributed by atoms with van der Waals surface area (Å²) in [5.74, 6) is 2.77. The number of nitrogens with zero attached hydrogens (tertiary/aromatic N) is 1. The van der Waals surface area contributed by atoms with Gasteiger partial charge in [0.25, 0.3) is 0 Å². The number of carbonyl (C=O) groups excluding carboxylic acids is 2. The van der Waals surface area contributed by atoms with Gasteiger partial charge in [0.05, 0.1) is 6.54 Å². The zero-order valence-electron chi connectivity index (χ0n) is 16.0. The van der Waals surface area contributed by atoms with Crippen LogP contribution in [0.15, 0.2) is 17.5 Å². The Morgan fingerprint density at radius 1 is 1.11 bits per heavy atom. The summed E-state index contributed by atoms with van der Waals surface area (Å²) in [5.41, 5.74) is -0.106. The second kappa shape index (κ2) is 6.91. The van der Waals surface area contributed by atoms with Crippen LogP contribution in [0.25, 0.3) is 0 Å². The maximum Gasteiger partial charge on any atom is 0.226 e. The minimum atomic E-state index is -0.106. The van der Waals surface area contributed by atoms with E-state index in [-0.39, 0.29) is 17.2 Å². The molecule has 1 aromatic rings. The topological polar surface area (TPSA) is 49.4 Å². The van der Waals surface area contributed by atoms with Crippen molar-refractivity contribution < 1.29 is 9.59 Å². The molecule has 5 heteroatoms. The molecule has 0 saturated heterocycles. The van der Waals surface area contributed by atoms with Gasteiger partial charge in [-0.3, -0.25) is 9.59 Å². The van der Waals surface area contributed by atoms with Crippen LogP contribution in [0.3, 0.4) is 0 Å². The third-order valence-corrected chi connectivity index (χ3v) is 8.22. The first-order chi connectivity index (χ1) is 13.1. The highest BCUT2D eigenvalue weighted by Gasteiger charge is 2.54. The van der Waals surface area contributed by atoms with Gasteiger partial charge in [0.2, 0.25) is 11.8 Å². The molecule has 6 rings (SSSR count). The molecule has 5 aliphatic rings. The number of rotatable bonds is 7. The lowest BCUT2D eigenvalue weighted by Gasteiger charge is -2.55. The largest absolute Gasteiger partial charge is 0.355 e. The Morgan fingerprint density at radius 2 is 1.78 bits per heavy atom. The monoisotopic (exact) mass is 386 g/mol. The van der Waals surface area contributed by atoms with E-state index in [1.165, 1.54) is 24.1 Å². The predicted octanol–water partition coefficient (Wildman–Crippen LogP) is 3.96. The van der Waals surface area contributed by atoms with Crippen LogP contribution in [0, 0.1) is 23.2 Å². The van der Waals surface area contributed by atoms with Gasteiger partial charge in [-0.25, -0.2) is 0 Å². The van der Waals surface area contributed by atoms with E-state index in [0.717, 1.165) is 56.4 Å². The van der Waals surface area contributed by atoms with Gasteiger partial charge in [-0.15, -0.1) is 11.3 Å². The molecule has 146 valence electrons. The fourth-order valence-electron chi connectivity index (χ4n) is 6.38. The molecule has 4 nitrogen and oxygen atoms in total. The molecule has 5 saturated carbocycles. The van der Waals surface area contributed by atoms with Crippen molar-refractivity contribution in [1.82, 2.24) is 10.2 Å². The molecule has 0 aliphatic heterocycles. The molecule has 0 radical (unpaired) electrons. The van der Waals surface area contributed by atoms with E-state index in [2.05, 4.69) is 16.8 Å². The Morgan fingerprint density at radius 3 is 2.33 bits per heavy atom. The lowest BCUT2D eigenvalue weighted by molar-refractivity contribution is -0.146. The first-order valence-corrected chi connectivity index (χ1v) is 11.6. The van der Waals surface area contributed by atoms with Crippen molar-refractivity contribution in [3.05, 3.63) is 22.4 Å². The standard InChI is InChI=1S/C22H30N2O2S/c25-20(24(18-3-4-18)14-19-2-1-7-27-19)5-6-23-21(26)22-11-15-8-16(12-22)10-17(9-15)13-22/h1-2,7,15-18H,3-6,8-14H2,(H,23,26). The van der Waals surface area contributed by atoms with Crippen LogP contribution >= 0.6 is 11.3 Å². The van der Waals surface area contributed by atoms with Crippen LogP contribution in [0.4, 0.5) is 0 Å². The van der Waals surface area contributed by atoms with Gasteiger partial charge >= 0.3 is 0 Å². The molecule has 27 heavy (non-hydrogen) atoms. The second-order valence-electron chi connectivity index (χ2n) is 9.54. The van der Waals surface area contributed by atoms with Crippen LogP contribution < -0.4 is 5.32 Å². The lowest BCUT2D eigenvalue weighted by atomic mass is 9.49. The molecule has 5 fully saturated rings. The average Bonchev–Trinajstić information content (AvgIpc) is 3.34. The molecule has 1 aromatic heterocycles. The van der Waals surface area contributed by atoms with E-state index in [4.69, 9.17) is 0 Å². The van der Waals surface area contributed by atoms with E-state index in [1.807, 2.05) is 11.0 Å². The normalized spacial score (nSPS) is 33.9. The number of hydrogen-bond acceptors (Lipinski definition) is 3. The second-order valence-corrected chi connectivity index (χ2v) is 10.6. The van der Waals surface area contributed by atoms with E-state index >= 15 is 0 Å². The number of amides is 2. The van der Waals surface area contributed by atoms with Gasteiger partial charge in [0.15, 0.2) is 0 Å². The van der Waals surface area contributed by atoms with Gasteiger partial charge in [-0.05, 0) is 80.6 Å². The Labute approximate surface area is 165 Å². The van der Waals surface area contributed by atoms with Crippen LogP contribution in [0.5, 0.6) is 0 Å². The highest BCUT2D eigenvalue weighted by molar-refractivity contribution is 7.09. The Balaban J connectivity index is 1.15. The lowest BCUT2D eigenvalue weighted by Crippen LogP contribution is -2.53. The van der Waals surface area contributed by atoms with Gasteiger partial charge < -0.3 is 10.2 Å². The molecule has 0 unspecified atom stereocenters. The molecular weight excluding hydrogens is 356 g/mol. The van der Waals surface area contributed by atoms with Crippen molar-refractivity contribution in [1.29, 1.82) is 0 Å². The van der Waals surface area contributed by atoms with E-state index in [9.17, 15) is 9.59 Å². The van der Waals surface area contributed by atoms with Crippen molar-refractivity contribution in [2.75, 3.05) is 6.54 Å². The van der Waals surface area contributed by atoms with Crippen LogP contribution in [-0.2, 0) is 16.1 Å². The molecule has 1 N–H and O–H groups in total. The predicted molar refractivity (Wildman–Crippen MR) is 106 cm³/mol. The molecule has 4 bridgehead atoms. The SMILES string of the molecule is O=C(CCNC(=O)C12CC3CC(CC(C3)C1)C2)N(Cc1cccs1)C1CC1. The summed E-state index contributed by atoms with van der Waals surface area (Å²) in [4.78, 5) is 29.0. The summed E-state index contributed by atoms with van der Waals surface area (Å²) in [7, 11) is 0. The summed E-state index contributed by atoms with van der Waals surface area (Å²) >= 11 is 1.71. The molecule has 2 amide bonds. The van der Waals surface area contributed by atoms with Gasteiger partial charge in [0, 0.05) is 29.3 Å². The first-order valence-electron chi connectivity index (χ1n) is 10.7. The Bertz CT molecular complexity index is 675. The highest BCUT2D eigenvalue weighted by atomic mass is 32.1. The summed E-state index contributed by atoms with van der Waals surface area (Å²) < 4.78 is 0. The van der Waals surface area contributed by atoms with Crippen molar-refractivity contribution >= 4 is 23.2 Å². The van der Waals surface area contributed by atoms with Crippen molar-refractivity contribution in [2.45, 2.75) is 70.4 Å². The summed E-state index contributed by atoms with van der Waals surface area (Å²) in [5, 5.41) is 5.23. The van der Waals surface area contributed by atoms with Crippen LogP contribution in [0.2, 0.25) is 0 Å². The van der Waals surface area contributed by atoms with Gasteiger partial charge in [-0.2, -0.15) is 0 Å². The molecule has 1 heterocycles. The van der Waals surface area contributed by atoms with Crippen molar-refractivity contribution in [3.63, 3.8) is 0 Å². The fraction of sp³-hybridized carbons (Fsp3) is 0.727. The average molecular weight is 387 g/mol. The maximum absolute atomic E-state index is 13.0. The van der Waals surface area contributed by atoms with Crippen molar-refractivity contribution in [2.24, 2.45) is 23.2 Å². The van der Waals surface area contributed by atoms with Crippen molar-refractivity contribution in [3.8, 4) is 0 Å². The zero-order valence-corrected chi connectivity index (χ0v) is 16.8. The minimum absolute atomic E-state index is 0.106. The molecular formula is C22H30N2O2S. The summed E-state index contributed by atoms with van der Waals surface area (Å²) in [6, 6.07) is 4.56. The molecule has 5 aliphatic carbocycles. The Hall–Kier alpha value is -1.36. The number of nitrogens with one attached hydrogen (secondary N) is 1. The smallest absolute Gasteiger partial charge is 0.226 e. The molecule has 0 spiro atoms.